The topological polar surface area (TPSA) is 54.2 Å². The minimum Gasteiger partial charge on any atom is -0.805 e. The Morgan fingerprint density at radius 2 is 2.00 bits per heavy atom. The third-order valence-electron chi connectivity index (χ3n) is 3.09. The van der Waals surface area contributed by atoms with Gasteiger partial charge in [-0.05, 0) is 26.0 Å². The van der Waals surface area contributed by atoms with E-state index in [-0.39, 0.29) is 0 Å². The van der Waals surface area contributed by atoms with Crippen molar-refractivity contribution in [3.63, 3.8) is 0 Å². The molecule has 100 valence electrons. The van der Waals surface area contributed by atoms with Crippen LogP contribution >= 0.6 is 0 Å². The van der Waals surface area contributed by atoms with E-state index >= 15 is 0 Å². The molecule has 1 aromatic carbocycles. The maximum absolute atomic E-state index is 12.2. The lowest BCUT2D eigenvalue weighted by molar-refractivity contribution is -0.464. The highest BCUT2D eigenvalue weighted by molar-refractivity contribution is 5.73. The van der Waals surface area contributed by atoms with Gasteiger partial charge >= 0.3 is 0 Å². The maximum atomic E-state index is 12.2. The Kier molecular flexibility index (Phi) is 3.85. The predicted octanol–water partition coefficient (Wildman–Crippen LogP) is 2.21. The molecule has 0 fully saturated rings. The molecule has 0 N–H and O–H groups in total. The molecule has 1 aromatic heterocycles. The molecule has 0 radical (unpaired) electrons. The SMILES string of the molecule is CCN(/C=C/c1c[n+](=O)c2ccccc2n1[O-])CC. The predicted molar refractivity (Wildman–Crippen MR) is 76.0 cm³/mol. The average molecular weight is 259 g/mol. The fourth-order valence-electron chi connectivity index (χ4n) is 1.93. The van der Waals surface area contributed by atoms with Crippen LogP contribution in [0.4, 0.5) is 0 Å². The van der Waals surface area contributed by atoms with Gasteiger partial charge in [0, 0.05) is 30.3 Å². The van der Waals surface area contributed by atoms with Crippen LogP contribution in [-0.4, -0.2) is 22.7 Å². The van der Waals surface area contributed by atoms with Gasteiger partial charge in [-0.2, -0.15) is 0 Å². The van der Waals surface area contributed by atoms with Crippen molar-refractivity contribution in [3.05, 3.63) is 52.5 Å². The van der Waals surface area contributed by atoms with Crippen molar-refractivity contribution in [2.75, 3.05) is 13.1 Å². The van der Waals surface area contributed by atoms with Gasteiger partial charge in [0.1, 0.15) is 11.2 Å². The van der Waals surface area contributed by atoms with Crippen LogP contribution in [0.25, 0.3) is 17.1 Å². The molecule has 1 heterocycles. The molecule has 0 amide bonds. The van der Waals surface area contributed by atoms with Gasteiger partial charge in [0.05, 0.1) is 4.43 Å². The fourth-order valence-corrected chi connectivity index (χ4v) is 1.93. The zero-order chi connectivity index (χ0) is 13.8. The van der Waals surface area contributed by atoms with E-state index in [1.54, 1.807) is 30.3 Å². The summed E-state index contributed by atoms with van der Waals surface area (Å²) in [4.78, 5) is 13.9. The standard InChI is InChI=1S/C14H17N3O2/c1-3-15(4-2)10-9-12-11-16(18)13-7-5-6-8-14(13)17(12)19/h5-11H,3-4H2,1-2H3/b10-9+. The lowest BCUT2D eigenvalue weighted by Gasteiger charge is -2.17. The van der Waals surface area contributed by atoms with Crippen molar-refractivity contribution in [2.24, 2.45) is 0 Å². The molecular weight excluding hydrogens is 242 g/mol. The smallest absolute Gasteiger partial charge is 0.286 e. The van der Waals surface area contributed by atoms with Crippen LogP contribution in [0.2, 0.25) is 0 Å². The van der Waals surface area contributed by atoms with Gasteiger partial charge in [-0.25, -0.2) is 0 Å². The van der Waals surface area contributed by atoms with Gasteiger partial charge in [0.2, 0.25) is 0 Å². The Morgan fingerprint density at radius 3 is 2.68 bits per heavy atom. The Hall–Kier alpha value is -2.30. The van der Waals surface area contributed by atoms with E-state index in [0.29, 0.717) is 16.7 Å². The summed E-state index contributed by atoms with van der Waals surface area (Å²) in [5, 5.41) is 12.2. The summed E-state index contributed by atoms with van der Waals surface area (Å²) in [6, 6.07) is 6.76. The molecule has 2 aromatic rings. The van der Waals surface area contributed by atoms with Crippen molar-refractivity contribution in [1.82, 2.24) is 9.63 Å². The number of para-hydroxylation sites is 2. The van der Waals surface area contributed by atoms with Gasteiger partial charge in [-0.1, -0.05) is 12.1 Å². The second kappa shape index (κ2) is 5.56. The molecule has 0 spiro atoms. The maximum Gasteiger partial charge on any atom is 0.286 e. The molecule has 0 saturated carbocycles. The number of fused-ring (bicyclic) bond motifs is 1. The minimum atomic E-state index is 0.334. The van der Waals surface area contributed by atoms with Crippen molar-refractivity contribution in [2.45, 2.75) is 13.8 Å². The summed E-state index contributed by atoms with van der Waals surface area (Å²) >= 11 is 0. The molecular formula is C14H17N3O2. The largest absolute Gasteiger partial charge is 0.805 e. The van der Waals surface area contributed by atoms with E-state index in [0.717, 1.165) is 22.2 Å². The van der Waals surface area contributed by atoms with E-state index in [1.165, 1.54) is 6.20 Å². The van der Waals surface area contributed by atoms with Gasteiger partial charge in [-0.15, -0.1) is 0 Å². The zero-order valence-electron chi connectivity index (χ0n) is 11.1. The quantitative estimate of drug-likeness (QED) is 0.791. The minimum absolute atomic E-state index is 0.334. The second-order valence-corrected chi connectivity index (χ2v) is 4.20. The van der Waals surface area contributed by atoms with Crippen molar-refractivity contribution in [1.29, 1.82) is 0 Å². The summed E-state index contributed by atoms with van der Waals surface area (Å²) in [5.74, 6) is 0. The molecule has 0 saturated heterocycles. The Bertz CT molecular complexity index is 657. The Balaban J connectivity index is 2.51. The van der Waals surface area contributed by atoms with Crippen LogP contribution < -0.4 is 4.43 Å². The van der Waals surface area contributed by atoms with Gasteiger partial charge in [0.25, 0.3) is 11.7 Å². The van der Waals surface area contributed by atoms with E-state index < -0.39 is 0 Å². The molecule has 2 rings (SSSR count). The normalized spacial score (nSPS) is 11.3. The van der Waals surface area contributed by atoms with Gasteiger partial charge < -0.3 is 14.8 Å². The number of hydrogen-bond acceptors (Lipinski definition) is 3. The Morgan fingerprint density at radius 1 is 1.32 bits per heavy atom. The molecule has 0 atom stereocenters. The monoisotopic (exact) mass is 259 g/mol. The molecule has 0 aliphatic carbocycles. The first kappa shape index (κ1) is 13.1. The molecule has 0 unspecified atom stereocenters. The highest BCUT2D eigenvalue weighted by Crippen LogP contribution is 2.11. The van der Waals surface area contributed by atoms with E-state index in [9.17, 15) is 10.1 Å². The second-order valence-electron chi connectivity index (χ2n) is 4.20. The molecule has 0 bridgehead atoms. The molecule has 5 heteroatoms. The molecule has 19 heavy (non-hydrogen) atoms. The van der Waals surface area contributed by atoms with Crippen LogP contribution in [0.15, 0.2) is 36.7 Å². The summed E-state index contributed by atoms with van der Waals surface area (Å²) in [6.45, 7) is 5.79. The molecule has 0 aliphatic heterocycles. The zero-order valence-corrected chi connectivity index (χ0v) is 11.1. The van der Waals surface area contributed by atoms with Crippen LogP contribution in [-0.2, 0) is 0 Å². The Labute approximate surface area is 111 Å². The first-order valence-electron chi connectivity index (χ1n) is 6.34. The van der Waals surface area contributed by atoms with Crippen molar-refractivity contribution in [3.8, 4) is 0 Å². The van der Waals surface area contributed by atoms with E-state index in [1.807, 2.05) is 24.9 Å². The summed E-state index contributed by atoms with van der Waals surface area (Å²) in [6.07, 6.45) is 4.80. The number of hydrogen-bond donors (Lipinski definition) is 0. The van der Waals surface area contributed by atoms with E-state index in [2.05, 4.69) is 0 Å². The number of nitrogens with zero attached hydrogens (tertiary/aromatic N) is 3. The molecule has 0 aliphatic rings. The fraction of sp³-hybridized carbons (Fsp3) is 0.286. The van der Waals surface area contributed by atoms with Crippen LogP contribution in [0.3, 0.4) is 0 Å². The number of benzene rings is 1. The average Bonchev–Trinajstić information content (AvgIpc) is 2.45. The highest BCUT2D eigenvalue weighted by atomic mass is 16.5. The van der Waals surface area contributed by atoms with Gasteiger partial charge in [-0.3, -0.25) is 0 Å². The van der Waals surface area contributed by atoms with Crippen LogP contribution in [0.1, 0.15) is 19.5 Å². The summed E-state index contributed by atoms with van der Waals surface area (Å²) in [5.41, 5.74) is 1.08. The number of rotatable bonds is 4. The summed E-state index contributed by atoms with van der Waals surface area (Å²) < 4.78 is 1.51. The lowest BCUT2D eigenvalue weighted by atomic mass is 10.3. The third kappa shape index (κ3) is 2.59. The third-order valence-corrected chi connectivity index (χ3v) is 3.09. The van der Waals surface area contributed by atoms with Crippen molar-refractivity contribution < 1.29 is 4.43 Å². The highest BCUT2D eigenvalue weighted by Gasteiger charge is 2.09. The van der Waals surface area contributed by atoms with Crippen LogP contribution in [0, 0.1) is 10.1 Å². The summed E-state index contributed by atoms with van der Waals surface area (Å²) in [7, 11) is 0. The van der Waals surface area contributed by atoms with Gasteiger partial charge in [0.15, 0.2) is 0 Å². The first-order chi connectivity index (χ1) is 9.17. The lowest BCUT2D eigenvalue weighted by Crippen LogP contribution is -2.19. The van der Waals surface area contributed by atoms with Crippen LogP contribution in [0.5, 0.6) is 0 Å². The number of aromatic nitrogens is 2. The van der Waals surface area contributed by atoms with Crippen molar-refractivity contribution >= 4 is 17.1 Å². The first-order valence-corrected chi connectivity index (χ1v) is 6.34. The van der Waals surface area contributed by atoms with E-state index in [4.69, 9.17) is 0 Å². The molecule has 5 nitrogen and oxygen atoms in total.